The van der Waals surface area contributed by atoms with Crippen molar-refractivity contribution in [1.29, 1.82) is 0 Å². The first-order valence-corrected chi connectivity index (χ1v) is 37.1. The quantitative estimate of drug-likeness (QED) is 0.0582. The average Bonchev–Trinajstić information content (AvgIpc) is 1.65. The number of aliphatic hydroxyl groups excluding tert-OH is 14. The maximum Gasteiger partial charge on any atom is 0.310 e. The Kier molecular flexibility index (Phi) is 37.9. The molecule has 0 radical (unpaired) electrons. The average molecular weight is 1430 g/mol. The van der Waals surface area contributed by atoms with Crippen molar-refractivity contribution in [3.8, 4) is 0 Å². The van der Waals surface area contributed by atoms with E-state index in [9.17, 15) is 81.1 Å². The van der Waals surface area contributed by atoms with Crippen LogP contribution >= 0.6 is 0 Å². The summed E-state index contributed by atoms with van der Waals surface area (Å²) in [6.07, 6.45) is -2.33. The van der Waals surface area contributed by atoms with Crippen LogP contribution in [0.25, 0.3) is 0 Å². The molecule has 2 saturated heterocycles. The minimum atomic E-state index is -1.59. The second-order valence-electron chi connectivity index (χ2n) is 31.8. The van der Waals surface area contributed by atoms with Gasteiger partial charge in [0.05, 0.1) is 91.9 Å². The van der Waals surface area contributed by atoms with Gasteiger partial charge >= 0.3 is 5.97 Å². The highest BCUT2D eigenvalue weighted by Gasteiger charge is 2.52. The third-order valence-electron chi connectivity index (χ3n) is 21.1. The van der Waals surface area contributed by atoms with Gasteiger partial charge < -0.3 is 90.4 Å². The number of hydrogen-bond donors (Lipinski definition) is 14. The Labute approximate surface area is 603 Å². The second-order valence-corrected chi connectivity index (χ2v) is 31.8. The third kappa shape index (κ3) is 30.3. The molecule has 14 unspecified atom stereocenters. The fourth-order valence-corrected chi connectivity index (χ4v) is 14.7. The van der Waals surface area contributed by atoms with Crippen LogP contribution in [0.4, 0.5) is 0 Å². The Morgan fingerprint density at radius 2 is 1.24 bits per heavy atom. The first-order valence-electron chi connectivity index (χ1n) is 37.1. The van der Waals surface area contributed by atoms with Crippen LogP contribution in [0.3, 0.4) is 0 Å². The minimum Gasteiger partial charge on any atom is -0.455 e. The Bertz CT molecular complexity index is 2770. The van der Waals surface area contributed by atoms with Gasteiger partial charge in [0.1, 0.15) is 42.2 Å². The summed E-state index contributed by atoms with van der Waals surface area (Å²) >= 11 is 0. The molecule has 28 atom stereocenters. The van der Waals surface area contributed by atoms with E-state index in [1.807, 2.05) is 60.6 Å². The van der Waals surface area contributed by atoms with E-state index >= 15 is 0 Å². The zero-order chi connectivity index (χ0) is 75.9. The predicted molar refractivity (Wildman–Crippen MR) is 392 cm³/mol. The third-order valence-corrected chi connectivity index (χ3v) is 21.1. The molecular formula is C81H132O20. The topological polar surface area (TPSA) is 354 Å². The van der Waals surface area contributed by atoms with Crippen molar-refractivity contribution in [1.82, 2.24) is 0 Å². The Morgan fingerprint density at radius 1 is 0.594 bits per heavy atom. The van der Waals surface area contributed by atoms with Crippen molar-refractivity contribution in [2.24, 2.45) is 41.4 Å². The van der Waals surface area contributed by atoms with Crippen LogP contribution in [-0.4, -0.2) is 211 Å². The molecular weight excluding hydrogens is 1290 g/mol. The van der Waals surface area contributed by atoms with E-state index in [0.29, 0.717) is 85.7 Å². The molecule has 0 spiro atoms. The molecule has 4 rings (SSSR count). The van der Waals surface area contributed by atoms with Crippen LogP contribution in [0.15, 0.2) is 121 Å². The number of rotatable bonds is 9. The van der Waals surface area contributed by atoms with Gasteiger partial charge in [0.15, 0.2) is 5.78 Å². The number of Topliss-reactive ketones (excluding diaryl/α,β-unsaturated/α-hetero) is 1. The number of allylic oxidation sites excluding steroid dienone is 1. The number of hydrogen-bond acceptors (Lipinski definition) is 20. The highest BCUT2D eigenvalue weighted by Crippen LogP contribution is 2.40. The van der Waals surface area contributed by atoms with Crippen LogP contribution in [0.1, 0.15) is 204 Å². The highest BCUT2D eigenvalue weighted by molar-refractivity contribution is 5.82. The number of fused-ring (bicyclic) bond motifs is 4. The van der Waals surface area contributed by atoms with Gasteiger partial charge in [-0.3, -0.25) is 9.59 Å². The maximum atomic E-state index is 13.9. The molecule has 0 aromatic carbocycles. The lowest BCUT2D eigenvalue weighted by atomic mass is 9.86. The van der Waals surface area contributed by atoms with Crippen molar-refractivity contribution < 1.29 is 100 Å². The van der Waals surface area contributed by atoms with Gasteiger partial charge in [0.2, 0.25) is 0 Å². The lowest BCUT2D eigenvalue weighted by Crippen LogP contribution is -2.48. The fraction of sp³-hybridized carbons (Fsp3) is 0.728. The van der Waals surface area contributed by atoms with Gasteiger partial charge in [-0.1, -0.05) is 147 Å². The number of esters is 1. The van der Waals surface area contributed by atoms with E-state index in [0.717, 1.165) is 11.1 Å². The van der Waals surface area contributed by atoms with Crippen LogP contribution in [0.5, 0.6) is 0 Å². The summed E-state index contributed by atoms with van der Waals surface area (Å²) < 4.78 is 24.9. The zero-order valence-corrected chi connectivity index (χ0v) is 62.4. The number of ketones is 1. The van der Waals surface area contributed by atoms with E-state index in [1.54, 1.807) is 32.1 Å². The molecule has 0 aliphatic carbocycles. The monoisotopic (exact) mass is 1420 g/mol. The lowest BCUT2D eigenvalue weighted by Gasteiger charge is -2.34. The SMILES string of the molecule is C=C1CC(=O)O[C@H]([C@@H]2C[C@@H](O)[C@](C)(C(O)CC(=C)C(=C)CC(O)CC(C)O)O2)C=CC(O)CC(C)CC(C)CC(=O)C(O)CCC(C)C[C@@H](O)[C@@H]2O[C@@H](CC(=C)CC(=C)C(O)C=CCCC(O)CC(C)[C@H]3C=C[C@H](CC(C)C(O)CC(C)=C[C@H](O)[C@@H](C)[C@@H](O)CC(=C)CC(C)C1)O3)[C@@H](O)[C@H]2O. The molecule has 4 bridgehead atoms. The molecule has 576 valence electrons. The van der Waals surface area contributed by atoms with Gasteiger partial charge in [0, 0.05) is 25.2 Å². The molecule has 2 fully saturated rings. The van der Waals surface area contributed by atoms with Crippen LogP contribution in [-0.2, 0) is 28.5 Å². The summed E-state index contributed by atoms with van der Waals surface area (Å²) in [6, 6.07) is 0. The first kappa shape index (κ1) is 89.3. The molecule has 0 aromatic heterocycles. The molecule has 0 aromatic rings. The first-order chi connectivity index (χ1) is 47.1. The number of ether oxygens (including phenoxy) is 4. The Balaban J connectivity index is 1.48. The Morgan fingerprint density at radius 3 is 1.91 bits per heavy atom. The minimum absolute atomic E-state index is 0.00816. The summed E-state index contributed by atoms with van der Waals surface area (Å²) in [5.41, 5.74) is 2.36. The van der Waals surface area contributed by atoms with Gasteiger partial charge in [0.25, 0.3) is 0 Å². The highest BCUT2D eigenvalue weighted by atomic mass is 16.6. The molecule has 4 aliphatic heterocycles. The van der Waals surface area contributed by atoms with E-state index in [-0.39, 0.29) is 131 Å². The van der Waals surface area contributed by atoms with Crippen LogP contribution in [0, 0.1) is 41.4 Å². The van der Waals surface area contributed by atoms with Crippen LogP contribution < -0.4 is 0 Å². The number of cyclic esters (lactones) is 1. The molecule has 101 heavy (non-hydrogen) atoms. The number of carbonyl (C=O) groups excluding carboxylic acids is 2. The summed E-state index contributed by atoms with van der Waals surface area (Å²) in [7, 11) is 0. The molecule has 4 aliphatic rings. The Hall–Kier alpha value is -4.14. The van der Waals surface area contributed by atoms with Crippen molar-refractivity contribution in [3.63, 3.8) is 0 Å². The van der Waals surface area contributed by atoms with Crippen molar-refractivity contribution in [2.75, 3.05) is 0 Å². The zero-order valence-electron chi connectivity index (χ0n) is 62.4. The predicted octanol–water partition coefficient (Wildman–Crippen LogP) is 8.84. The van der Waals surface area contributed by atoms with Gasteiger partial charge in [-0.2, -0.15) is 0 Å². The molecule has 20 nitrogen and oxygen atoms in total. The normalized spacial score (nSPS) is 39.5. The van der Waals surface area contributed by atoms with E-state index < -0.39 is 127 Å². The van der Waals surface area contributed by atoms with Crippen LogP contribution in [0.2, 0.25) is 0 Å². The summed E-state index contributed by atoms with van der Waals surface area (Å²) in [5.74, 6) is -2.35. The number of aliphatic hydroxyl groups is 14. The molecule has 14 N–H and O–H groups in total. The van der Waals surface area contributed by atoms with Gasteiger partial charge in [-0.15, -0.1) is 0 Å². The van der Waals surface area contributed by atoms with E-state index in [1.165, 1.54) is 19.1 Å². The van der Waals surface area contributed by atoms with Crippen molar-refractivity contribution in [2.45, 2.75) is 332 Å². The number of carbonyl (C=O) groups is 2. The van der Waals surface area contributed by atoms with Crippen molar-refractivity contribution >= 4 is 11.8 Å². The van der Waals surface area contributed by atoms with Gasteiger partial charge in [-0.05, 0) is 188 Å². The summed E-state index contributed by atoms with van der Waals surface area (Å²) in [6.45, 7) is 42.9. The van der Waals surface area contributed by atoms with Gasteiger partial charge in [-0.25, -0.2) is 0 Å². The molecule has 20 heteroatoms. The molecule has 0 amide bonds. The van der Waals surface area contributed by atoms with E-state index in [2.05, 4.69) is 39.5 Å². The largest absolute Gasteiger partial charge is 0.455 e. The maximum absolute atomic E-state index is 13.9. The standard InChI is InChI=1S/C81H132O20/c1-45-21-24-65(87)69(91)36-49(5)29-47(3)31-61(84)22-25-72(73-44-76(94)81(16,101-73)75(93)42-54(10)53(9)39-62(85)43-58(14)82)99-77(95)38-50(6)28-46(2)27-48(4)34-67(89)59(15)68(90)35-52(8)33-66(88)56(12)41-63-23-26-71(98-63)57(13)40-60(83)19-17-18-20-64(86)55(11)30-51(7)37-74-78(96)79(97)80(100-74)70(92)32-45/h18,20,22-23,25-26,35,45-47,49,56-68,70-76,78-80,82-90,92-94,96-97H,4,6-7,9-11,17,19,21,24,27-34,36-44H2,1-3,5,8,12-16H3/t45?,46?,47?,49?,56?,57?,58?,59-,60?,61?,62?,63+,64?,65?,66?,67-,68-,70+,71+,72-,73-,74-,75?,76+,78+,79+,80-,81-/m0/s1. The fourth-order valence-electron chi connectivity index (χ4n) is 14.7. The smallest absolute Gasteiger partial charge is 0.310 e. The van der Waals surface area contributed by atoms with Crippen molar-refractivity contribution in [3.05, 3.63) is 121 Å². The molecule has 0 saturated carbocycles. The summed E-state index contributed by atoms with van der Waals surface area (Å²) in [5, 5.41) is 155. The summed E-state index contributed by atoms with van der Waals surface area (Å²) in [4.78, 5) is 27.3. The van der Waals surface area contributed by atoms with E-state index in [4.69, 9.17) is 18.9 Å². The lowest BCUT2D eigenvalue weighted by molar-refractivity contribution is -0.168. The molecule has 4 heterocycles. The second kappa shape index (κ2) is 42.9.